The topological polar surface area (TPSA) is 47.2 Å². The zero-order valence-corrected chi connectivity index (χ0v) is 8.72. The summed E-state index contributed by atoms with van der Waals surface area (Å²) >= 11 is 0. The Labute approximate surface area is 79.6 Å². The molecule has 0 aliphatic rings. The summed E-state index contributed by atoms with van der Waals surface area (Å²) in [5.41, 5.74) is 0. The number of rotatable bonds is 3. The van der Waals surface area contributed by atoms with Crippen molar-refractivity contribution in [3.8, 4) is 0 Å². The van der Waals surface area contributed by atoms with Gasteiger partial charge in [-0.05, 0) is 12.8 Å². The maximum absolute atomic E-state index is 9.15. The van der Waals surface area contributed by atoms with Gasteiger partial charge in [0.2, 0.25) is 0 Å². The largest absolute Gasteiger partial charge is 0.446 e. The molecule has 0 saturated heterocycles. The molecule has 3 nitrogen and oxygen atoms in total. The van der Waals surface area contributed by atoms with E-state index in [0.717, 1.165) is 12.2 Å². The molecule has 0 aromatic carbocycles. The summed E-state index contributed by atoms with van der Waals surface area (Å²) in [5.74, 6) is 0.731. The molecule has 65 valence electrons. The van der Waals surface area contributed by atoms with Crippen LogP contribution in [0.4, 0.5) is 0 Å². The molecule has 1 heterocycles. The Bertz CT molecular complexity index is 177. The van der Waals surface area contributed by atoms with Crippen LogP contribution in [0.15, 0.2) is 12.4 Å². The fraction of sp³-hybridized carbons (Fsp3) is 0.571. The molecule has 1 radical (unpaired) electrons. The summed E-state index contributed by atoms with van der Waals surface area (Å²) in [4.78, 5) is 7.87. The second-order valence-corrected chi connectivity index (χ2v) is 2.24. The van der Waals surface area contributed by atoms with Crippen LogP contribution >= 0.6 is 0 Å². The molecular formula is C7H11IrN2O-. The van der Waals surface area contributed by atoms with Crippen LogP contribution in [0.5, 0.6) is 0 Å². The molecule has 0 amide bonds. The number of aromatic nitrogens is 2. The Kier molecular flexibility index (Phi) is 5.38. The maximum atomic E-state index is 9.15. The minimum Gasteiger partial charge on any atom is -0.446 e. The summed E-state index contributed by atoms with van der Waals surface area (Å²) in [6, 6.07) is 0. The second-order valence-electron chi connectivity index (χ2n) is 2.24. The molecule has 1 aromatic rings. The first-order chi connectivity index (χ1) is 4.83. The predicted molar refractivity (Wildman–Crippen MR) is 37.6 cm³/mol. The fourth-order valence-electron chi connectivity index (χ4n) is 0.733. The van der Waals surface area contributed by atoms with Crippen molar-refractivity contribution >= 4 is 0 Å². The van der Waals surface area contributed by atoms with Crippen molar-refractivity contribution in [1.82, 2.24) is 9.97 Å². The summed E-state index contributed by atoms with van der Waals surface area (Å²) < 4.78 is 0. The summed E-state index contributed by atoms with van der Waals surface area (Å²) in [7, 11) is 0. The van der Waals surface area contributed by atoms with E-state index in [4.69, 9.17) is 5.11 Å². The van der Waals surface area contributed by atoms with Gasteiger partial charge in [0.25, 0.3) is 0 Å². The monoisotopic (exact) mass is 332 g/mol. The molecule has 0 aliphatic heterocycles. The van der Waals surface area contributed by atoms with E-state index < -0.39 is 0 Å². The molecule has 0 saturated carbocycles. The van der Waals surface area contributed by atoms with Crippen LogP contribution in [0.2, 0.25) is 0 Å². The predicted octanol–water partition coefficient (Wildman–Crippen LogP) is 0.350. The van der Waals surface area contributed by atoms with Crippen LogP contribution in [0.25, 0.3) is 0 Å². The number of aliphatic hydroxyl groups excluding tert-OH is 1. The molecule has 4 heteroatoms. The van der Waals surface area contributed by atoms with Crippen LogP contribution < -0.4 is 4.98 Å². The third-order valence-electron chi connectivity index (χ3n) is 1.40. The number of aliphatic hydroxyl groups is 1. The van der Waals surface area contributed by atoms with Crippen molar-refractivity contribution in [3.63, 3.8) is 0 Å². The van der Waals surface area contributed by atoms with Gasteiger partial charge in [0.15, 0.2) is 0 Å². The normalized spacial score (nSPS) is 12.2. The van der Waals surface area contributed by atoms with Crippen molar-refractivity contribution in [2.45, 2.75) is 25.9 Å². The second kappa shape index (κ2) is 5.47. The van der Waals surface area contributed by atoms with Gasteiger partial charge in [0.1, 0.15) is 0 Å². The van der Waals surface area contributed by atoms with Gasteiger partial charge in [0, 0.05) is 20.1 Å². The SMILES string of the molecule is CCC(O)Cc1ncc[n-]1.[Ir]. The zero-order valence-electron chi connectivity index (χ0n) is 6.32. The van der Waals surface area contributed by atoms with Gasteiger partial charge in [-0.1, -0.05) is 25.1 Å². The van der Waals surface area contributed by atoms with Crippen molar-refractivity contribution in [3.05, 3.63) is 18.2 Å². The van der Waals surface area contributed by atoms with Crippen molar-refractivity contribution in [2.75, 3.05) is 0 Å². The molecule has 1 atom stereocenters. The Morgan fingerprint density at radius 1 is 1.73 bits per heavy atom. The minimum absolute atomic E-state index is 0. The van der Waals surface area contributed by atoms with Gasteiger partial charge in [-0.15, -0.1) is 0 Å². The first kappa shape index (κ1) is 10.8. The van der Waals surface area contributed by atoms with Crippen LogP contribution in [-0.2, 0) is 26.5 Å². The van der Waals surface area contributed by atoms with E-state index in [1.807, 2.05) is 6.92 Å². The molecular weight excluding hydrogens is 320 g/mol. The number of nitrogens with zero attached hydrogens (tertiary/aromatic N) is 2. The van der Waals surface area contributed by atoms with E-state index in [9.17, 15) is 0 Å². The zero-order chi connectivity index (χ0) is 7.40. The van der Waals surface area contributed by atoms with Gasteiger partial charge in [-0.3, -0.25) is 0 Å². The average molecular weight is 331 g/mol. The van der Waals surface area contributed by atoms with E-state index in [-0.39, 0.29) is 26.2 Å². The Hall–Kier alpha value is -0.181. The van der Waals surface area contributed by atoms with E-state index in [2.05, 4.69) is 9.97 Å². The molecule has 0 fully saturated rings. The Morgan fingerprint density at radius 2 is 2.45 bits per heavy atom. The summed E-state index contributed by atoms with van der Waals surface area (Å²) in [6.45, 7) is 1.94. The standard InChI is InChI=1S/C7H11N2O.Ir/c1-2-6(10)5-7-8-3-4-9-7;/h3-4,6,10H,2,5H2,1H3;/q-1;. The average Bonchev–Trinajstić information content (AvgIpc) is 2.40. The molecule has 1 aromatic heterocycles. The first-order valence-electron chi connectivity index (χ1n) is 3.43. The maximum Gasteiger partial charge on any atom is 0.0570 e. The quantitative estimate of drug-likeness (QED) is 0.869. The molecule has 0 spiro atoms. The fourth-order valence-corrected chi connectivity index (χ4v) is 0.733. The van der Waals surface area contributed by atoms with Gasteiger partial charge in [-0.25, -0.2) is 0 Å². The third kappa shape index (κ3) is 3.65. The molecule has 1 rings (SSSR count). The summed E-state index contributed by atoms with van der Waals surface area (Å²) in [6.07, 6.45) is 4.32. The van der Waals surface area contributed by atoms with E-state index in [0.29, 0.717) is 6.42 Å². The third-order valence-corrected chi connectivity index (χ3v) is 1.40. The number of hydrogen-bond donors (Lipinski definition) is 1. The molecule has 1 N–H and O–H groups in total. The molecule has 1 unspecified atom stereocenters. The Morgan fingerprint density at radius 3 is 2.91 bits per heavy atom. The van der Waals surface area contributed by atoms with Crippen LogP contribution in [-0.4, -0.2) is 16.2 Å². The number of hydrogen-bond acceptors (Lipinski definition) is 2. The van der Waals surface area contributed by atoms with Crippen LogP contribution in [0.3, 0.4) is 0 Å². The van der Waals surface area contributed by atoms with E-state index in [1.54, 1.807) is 12.4 Å². The smallest absolute Gasteiger partial charge is 0.0570 e. The van der Waals surface area contributed by atoms with Crippen molar-refractivity contribution < 1.29 is 25.2 Å². The van der Waals surface area contributed by atoms with E-state index >= 15 is 0 Å². The minimum atomic E-state index is -0.289. The van der Waals surface area contributed by atoms with Gasteiger partial charge >= 0.3 is 0 Å². The van der Waals surface area contributed by atoms with Gasteiger partial charge in [-0.2, -0.15) is 0 Å². The van der Waals surface area contributed by atoms with Crippen molar-refractivity contribution in [2.24, 2.45) is 0 Å². The first-order valence-corrected chi connectivity index (χ1v) is 3.43. The Balaban J connectivity index is 0.000001000. The van der Waals surface area contributed by atoms with Crippen LogP contribution in [0.1, 0.15) is 19.2 Å². The van der Waals surface area contributed by atoms with Crippen molar-refractivity contribution in [1.29, 1.82) is 0 Å². The van der Waals surface area contributed by atoms with E-state index in [1.165, 1.54) is 0 Å². The molecule has 11 heavy (non-hydrogen) atoms. The number of imidazole rings is 1. The summed E-state index contributed by atoms with van der Waals surface area (Å²) in [5, 5.41) is 9.15. The molecule has 0 aliphatic carbocycles. The van der Waals surface area contributed by atoms with Crippen LogP contribution in [0, 0.1) is 0 Å². The van der Waals surface area contributed by atoms with Gasteiger partial charge < -0.3 is 15.1 Å². The van der Waals surface area contributed by atoms with Gasteiger partial charge in [0.05, 0.1) is 6.10 Å². The molecule has 0 bridgehead atoms.